The number of thiophene rings is 1. The van der Waals surface area contributed by atoms with Crippen LogP contribution in [0.2, 0.25) is 5.02 Å². The first-order chi connectivity index (χ1) is 13.0. The summed E-state index contributed by atoms with van der Waals surface area (Å²) >= 11 is 7.74. The lowest BCUT2D eigenvalue weighted by molar-refractivity contribution is -0.117. The Kier molecular flexibility index (Phi) is 6.60. The molecular weight excluding hydrogens is 384 g/mol. The Morgan fingerprint density at radius 2 is 2.19 bits per heavy atom. The number of halogens is 1. The number of carbonyl (C=O) groups excluding carboxylic acids is 1. The fraction of sp³-hybridized carbons (Fsp3) is 0.316. The summed E-state index contributed by atoms with van der Waals surface area (Å²) in [4.78, 5) is 15.3. The lowest BCUT2D eigenvalue weighted by Crippen LogP contribution is -2.33. The van der Waals surface area contributed by atoms with E-state index in [4.69, 9.17) is 16.0 Å². The van der Waals surface area contributed by atoms with Crippen molar-refractivity contribution in [2.75, 3.05) is 18.4 Å². The molecule has 3 rings (SSSR count). The van der Waals surface area contributed by atoms with Crippen LogP contribution in [-0.2, 0) is 11.3 Å². The molecule has 0 bridgehead atoms. The van der Waals surface area contributed by atoms with Gasteiger partial charge >= 0.3 is 0 Å². The van der Waals surface area contributed by atoms with Gasteiger partial charge in [-0.3, -0.25) is 9.69 Å². The maximum Gasteiger partial charge on any atom is 0.257 e. The third-order valence-electron chi connectivity index (χ3n) is 3.86. The van der Waals surface area contributed by atoms with Gasteiger partial charge in [0.1, 0.15) is 0 Å². The fourth-order valence-electron chi connectivity index (χ4n) is 2.65. The van der Waals surface area contributed by atoms with Crippen LogP contribution in [0.4, 0.5) is 5.69 Å². The number of amides is 1. The summed E-state index contributed by atoms with van der Waals surface area (Å²) in [7, 11) is 0. The average molecular weight is 405 g/mol. The van der Waals surface area contributed by atoms with Crippen molar-refractivity contribution in [1.29, 1.82) is 0 Å². The highest BCUT2D eigenvalue weighted by atomic mass is 35.5. The molecule has 0 unspecified atom stereocenters. The molecule has 0 spiro atoms. The highest BCUT2D eigenvalue weighted by molar-refractivity contribution is 7.13. The summed E-state index contributed by atoms with van der Waals surface area (Å²) < 4.78 is 5.73. The highest BCUT2D eigenvalue weighted by Crippen LogP contribution is 2.24. The van der Waals surface area contributed by atoms with E-state index in [1.165, 1.54) is 0 Å². The molecule has 0 saturated heterocycles. The minimum Gasteiger partial charge on any atom is -0.419 e. The molecule has 2 aromatic heterocycles. The Morgan fingerprint density at radius 3 is 2.89 bits per heavy atom. The molecule has 142 valence electrons. The second-order valence-corrected chi connectivity index (χ2v) is 7.58. The van der Waals surface area contributed by atoms with E-state index in [0.29, 0.717) is 29.0 Å². The minimum absolute atomic E-state index is 0.132. The number of hydrogen-bond donors (Lipinski definition) is 1. The van der Waals surface area contributed by atoms with Gasteiger partial charge in [0.2, 0.25) is 11.8 Å². The maximum absolute atomic E-state index is 12.4. The number of rotatable bonds is 8. The van der Waals surface area contributed by atoms with E-state index >= 15 is 0 Å². The molecule has 27 heavy (non-hydrogen) atoms. The van der Waals surface area contributed by atoms with E-state index in [9.17, 15) is 4.79 Å². The topological polar surface area (TPSA) is 71.3 Å². The molecule has 0 saturated carbocycles. The molecule has 0 aliphatic carbocycles. The first-order valence-corrected chi connectivity index (χ1v) is 9.95. The van der Waals surface area contributed by atoms with Gasteiger partial charge in [0, 0.05) is 0 Å². The van der Waals surface area contributed by atoms with Crippen LogP contribution in [0.5, 0.6) is 0 Å². The van der Waals surface area contributed by atoms with Crippen molar-refractivity contribution >= 4 is 34.5 Å². The molecule has 1 N–H and O–H groups in total. The number of aromatic nitrogens is 2. The maximum atomic E-state index is 12.4. The van der Waals surface area contributed by atoms with Gasteiger partial charge in [0.15, 0.2) is 0 Å². The number of hydrogen-bond acceptors (Lipinski definition) is 6. The van der Waals surface area contributed by atoms with Crippen LogP contribution in [0.3, 0.4) is 0 Å². The number of benzene rings is 1. The van der Waals surface area contributed by atoms with Gasteiger partial charge in [0.05, 0.1) is 28.7 Å². The molecule has 1 aromatic carbocycles. The Morgan fingerprint density at radius 1 is 1.33 bits per heavy atom. The van der Waals surface area contributed by atoms with Crippen molar-refractivity contribution in [1.82, 2.24) is 15.1 Å². The van der Waals surface area contributed by atoms with Crippen LogP contribution in [0.1, 0.15) is 24.8 Å². The van der Waals surface area contributed by atoms with Crippen molar-refractivity contribution < 1.29 is 9.21 Å². The molecule has 3 aromatic rings. The van der Waals surface area contributed by atoms with E-state index in [0.717, 1.165) is 23.4 Å². The standard InChI is InChI=1S/C19H21ClN4O2S/c1-3-8-24(11-17(25)21-15-7-6-13(2)10-14(15)20)12-18-22-23-19(26-18)16-5-4-9-27-16/h4-7,9-10H,3,8,11-12H2,1-2H3,(H,21,25). The second kappa shape index (κ2) is 9.12. The highest BCUT2D eigenvalue weighted by Gasteiger charge is 2.16. The van der Waals surface area contributed by atoms with Gasteiger partial charge in [-0.1, -0.05) is 30.7 Å². The molecule has 0 aliphatic rings. The van der Waals surface area contributed by atoms with Crippen molar-refractivity contribution in [2.24, 2.45) is 0 Å². The molecule has 0 atom stereocenters. The Balaban J connectivity index is 1.62. The van der Waals surface area contributed by atoms with E-state index in [-0.39, 0.29) is 12.5 Å². The predicted octanol–water partition coefficient (Wildman–Crippen LogP) is 4.61. The number of nitrogens with zero attached hydrogens (tertiary/aromatic N) is 3. The summed E-state index contributed by atoms with van der Waals surface area (Å²) in [6.45, 7) is 5.39. The molecule has 8 heteroatoms. The fourth-order valence-corrected chi connectivity index (χ4v) is 3.58. The second-order valence-electron chi connectivity index (χ2n) is 6.22. The van der Waals surface area contributed by atoms with Crippen LogP contribution in [0.25, 0.3) is 10.8 Å². The van der Waals surface area contributed by atoms with Crippen molar-refractivity contribution in [2.45, 2.75) is 26.8 Å². The van der Waals surface area contributed by atoms with Gasteiger partial charge in [0.25, 0.3) is 5.89 Å². The zero-order chi connectivity index (χ0) is 19.2. The van der Waals surface area contributed by atoms with Crippen LogP contribution < -0.4 is 5.32 Å². The number of nitrogens with one attached hydrogen (secondary N) is 1. The number of anilines is 1. The summed E-state index contributed by atoms with van der Waals surface area (Å²) in [5.41, 5.74) is 1.66. The normalized spacial score (nSPS) is 11.1. The van der Waals surface area contributed by atoms with Crippen molar-refractivity contribution in [3.8, 4) is 10.8 Å². The van der Waals surface area contributed by atoms with Gasteiger partial charge in [-0.25, -0.2) is 0 Å². The van der Waals surface area contributed by atoms with Crippen LogP contribution >= 0.6 is 22.9 Å². The van der Waals surface area contributed by atoms with Crippen molar-refractivity contribution in [3.63, 3.8) is 0 Å². The largest absolute Gasteiger partial charge is 0.419 e. The Bertz CT molecular complexity index is 895. The zero-order valence-corrected chi connectivity index (χ0v) is 16.8. The van der Waals surface area contributed by atoms with Gasteiger partial charge in [-0.05, 0) is 49.0 Å². The summed E-state index contributed by atoms with van der Waals surface area (Å²) in [6.07, 6.45) is 0.907. The Labute approximate surface area is 167 Å². The zero-order valence-electron chi connectivity index (χ0n) is 15.2. The van der Waals surface area contributed by atoms with E-state index in [1.807, 2.05) is 47.5 Å². The van der Waals surface area contributed by atoms with E-state index in [2.05, 4.69) is 22.4 Å². The number of carbonyl (C=O) groups is 1. The van der Waals surface area contributed by atoms with Crippen LogP contribution in [-0.4, -0.2) is 34.1 Å². The quantitative estimate of drug-likeness (QED) is 0.593. The Hall–Kier alpha value is -2.22. The van der Waals surface area contributed by atoms with Gasteiger partial charge in [-0.15, -0.1) is 21.5 Å². The predicted molar refractivity (Wildman–Crippen MR) is 108 cm³/mol. The molecule has 1 amide bonds. The molecule has 0 aliphatic heterocycles. The third-order valence-corrected chi connectivity index (χ3v) is 5.03. The van der Waals surface area contributed by atoms with Crippen molar-refractivity contribution in [3.05, 3.63) is 52.2 Å². The van der Waals surface area contributed by atoms with E-state index < -0.39 is 0 Å². The lowest BCUT2D eigenvalue weighted by atomic mass is 10.2. The molecule has 0 radical (unpaired) electrons. The molecule has 6 nitrogen and oxygen atoms in total. The first-order valence-electron chi connectivity index (χ1n) is 8.69. The van der Waals surface area contributed by atoms with E-state index in [1.54, 1.807) is 11.3 Å². The van der Waals surface area contributed by atoms with Crippen LogP contribution in [0, 0.1) is 6.92 Å². The summed E-state index contributed by atoms with van der Waals surface area (Å²) in [5, 5.41) is 13.5. The third kappa shape index (κ3) is 5.38. The molecule has 0 fully saturated rings. The monoisotopic (exact) mass is 404 g/mol. The van der Waals surface area contributed by atoms with Gasteiger partial charge < -0.3 is 9.73 Å². The molecule has 2 heterocycles. The smallest absolute Gasteiger partial charge is 0.257 e. The average Bonchev–Trinajstić information content (AvgIpc) is 3.29. The lowest BCUT2D eigenvalue weighted by Gasteiger charge is -2.19. The minimum atomic E-state index is -0.132. The first kappa shape index (κ1) is 19.5. The summed E-state index contributed by atoms with van der Waals surface area (Å²) in [5.74, 6) is 0.868. The SMILES string of the molecule is CCCN(CC(=O)Nc1ccc(C)cc1Cl)Cc1nnc(-c2cccs2)o1. The van der Waals surface area contributed by atoms with Crippen LogP contribution in [0.15, 0.2) is 40.1 Å². The molecular formula is C19H21ClN4O2S. The van der Waals surface area contributed by atoms with Gasteiger partial charge in [-0.2, -0.15) is 0 Å². The number of aryl methyl sites for hydroxylation is 1. The summed E-state index contributed by atoms with van der Waals surface area (Å²) in [6, 6.07) is 9.42.